The lowest BCUT2D eigenvalue weighted by Gasteiger charge is -2.31. The molecule has 4 fully saturated rings. The molecule has 0 saturated carbocycles. The van der Waals surface area contributed by atoms with Gasteiger partial charge in [0.25, 0.3) is 0 Å². The lowest BCUT2D eigenvalue weighted by Crippen LogP contribution is -2.62. The van der Waals surface area contributed by atoms with Crippen molar-refractivity contribution in [2.45, 2.75) is 183 Å². The molecule has 15 atom stereocenters. The number of nitrogens with zero attached hydrogens (tertiary/aromatic N) is 4. The van der Waals surface area contributed by atoms with Gasteiger partial charge in [0, 0.05) is 72.7 Å². The lowest BCUT2D eigenvalue weighted by atomic mass is 10.0. The van der Waals surface area contributed by atoms with E-state index >= 15 is 0 Å². The van der Waals surface area contributed by atoms with E-state index in [0.717, 1.165) is 53.0 Å². The van der Waals surface area contributed by atoms with E-state index in [1.807, 2.05) is 0 Å². The molecule has 0 aliphatic carbocycles. The molecule has 47 heteroatoms. The molecule has 612 valence electrons. The predicted molar refractivity (Wildman–Crippen MR) is 397 cm³/mol. The molecule has 4 aliphatic rings. The van der Waals surface area contributed by atoms with Gasteiger partial charge in [-0.2, -0.15) is 0 Å². The molecule has 2 aromatic rings. The topological polar surface area (TPSA) is 666 Å². The maximum absolute atomic E-state index is 14.8. The minimum atomic E-state index is -1.96. The first-order chi connectivity index (χ1) is 52.6. The Morgan fingerprint density at radius 3 is 1.41 bits per heavy atom. The zero-order valence-electron chi connectivity index (χ0n) is 61.2. The van der Waals surface area contributed by atoms with Gasteiger partial charge in [-0.05, 0) is 50.9 Å². The highest BCUT2D eigenvalue weighted by atomic mass is 33.1. The van der Waals surface area contributed by atoms with Crippen molar-refractivity contribution in [3.05, 3.63) is 36.4 Å². The fourth-order valence-electron chi connectivity index (χ4n) is 11.9. The van der Waals surface area contributed by atoms with Crippen LogP contribution in [0.1, 0.15) is 91.0 Å². The first kappa shape index (κ1) is 90.0. The first-order valence-corrected chi connectivity index (χ1v) is 40.3. The Morgan fingerprint density at radius 1 is 0.514 bits per heavy atom. The number of carbonyl (C=O) groups excluding carboxylic acids is 17. The molecular formula is C64H96N22O21S4. The Hall–Kier alpha value is -9.84. The summed E-state index contributed by atoms with van der Waals surface area (Å²) in [6, 6.07) is -25.1. The number of hydrogen-bond acceptors (Lipinski definition) is 27. The maximum atomic E-state index is 14.8. The largest absolute Gasteiger partial charge is 0.481 e. The van der Waals surface area contributed by atoms with E-state index in [2.05, 4.69) is 89.1 Å². The summed E-state index contributed by atoms with van der Waals surface area (Å²) < 4.78 is 0. The second kappa shape index (κ2) is 43.7. The summed E-state index contributed by atoms with van der Waals surface area (Å²) in [5.74, 6) is -23.1. The summed E-state index contributed by atoms with van der Waals surface area (Å²) in [5, 5.41) is 63.2. The van der Waals surface area contributed by atoms with E-state index in [1.165, 1.54) is 45.8 Å². The number of nitrogens with one attached hydrogen (secondary N) is 15. The van der Waals surface area contributed by atoms with Crippen molar-refractivity contribution in [1.29, 1.82) is 0 Å². The normalized spacial score (nSPS) is 28.1. The van der Waals surface area contributed by atoms with Crippen LogP contribution in [0, 0.1) is 11.8 Å². The number of nitrogens with two attached hydrogens (primary N) is 3. The van der Waals surface area contributed by atoms with E-state index in [4.69, 9.17) is 17.2 Å². The number of rotatable bonds is 16. The van der Waals surface area contributed by atoms with E-state index in [0.29, 0.717) is 5.69 Å². The third-order valence-electron chi connectivity index (χ3n) is 17.8. The number of aliphatic carboxylic acids is 1. The van der Waals surface area contributed by atoms with Crippen LogP contribution in [0.25, 0.3) is 0 Å². The van der Waals surface area contributed by atoms with Gasteiger partial charge in [-0.25, -0.2) is 9.97 Å². The van der Waals surface area contributed by atoms with Crippen molar-refractivity contribution in [1.82, 2.24) is 98.9 Å². The number of carbonyl (C=O) groups is 18. The van der Waals surface area contributed by atoms with E-state index in [-0.39, 0.29) is 63.7 Å². The molecule has 0 unspecified atom stereocenters. The number of carboxylic acid groups (broad SMARTS) is 1. The Morgan fingerprint density at radius 2 is 0.946 bits per heavy atom. The van der Waals surface area contributed by atoms with Crippen molar-refractivity contribution in [3.63, 3.8) is 0 Å². The van der Waals surface area contributed by atoms with Crippen LogP contribution in [-0.2, 0) is 99.1 Å². The van der Waals surface area contributed by atoms with Gasteiger partial charge in [0.05, 0.1) is 45.3 Å². The molecule has 24 N–H and O–H groups in total. The lowest BCUT2D eigenvalue weighted by molar-refractivity contribution is -0.144. The number of aromatic amines is 2. The predicted octanol–water partition coefficient (Wildman–Crippen LogP) is -9.51. The molecule has 2 aromatic heterocycles. The van der Waals surface area contributed by atoms with Crippen LogP contribution >= 0.6 is 43.2 Å². The summed E-state index contributed by atoms with van der Waals surface area (Å²) in [5.41, 5.74) is 17.6. The summed E-state index contributed by atoms with van der Waals surface area (Å²) in [4.78, 5) is 269. The summed E-state index contributed by atoms with van der Waals surface area (Å²) in [7, 11) is 3.15. The number of aliphatic hydroxyl groups excluding tert-OH is 2. The zero-order chi connectivity index (χ0) is 81.9. The van der Waals surface area contributed by atoms with Crippen LogP contribution in [0.2, 0.25) is 0 Å². The number of primary amides is 2. The quantitative estimate of drug-likeness (QED) is 0.0694. The van der Waals surface area contributed by atoms with E-state index < -0.39 is 264 Å². The molecular weight excluding hydrogens is 1540 g/mol. The highest BCUT2D eigenvalue weighted by Crippen LogP contribution is 2.27. The SMILES string of the molecule is CC(C)C[C@@H]1NC(=O)[C@H](CC(=O)O)NC(=O)[C@@H]2CCCN2C(=O)[C@H](Cc2cnc[nH]2)NC(=O)[C@H](CC(N)=O)NC(=O)[C@H](C(C)C)NC(=O)[C@H](CO)NC(=O)[C@@H]2CSSC[C@H](NC(=O)CN)C(=O)N[C@@H](CSSC[C@@H](C(N)=O)NC1=O)C(=O)N[C@@H](CO)C(=O)N[C@@H](Cc1cnc[nH]1)C(=O)N1CCC[C@H]1C(=O)N[C@@H](C)C(=O)N2. The molecule has 0 radical (unpaired) electrons. The number of fused-ring (bicyclic) bond motifs is 10. The number of aromatic nitrogens is 4. The zero-order valence-corrected chi connectivity index (χ0v) is 64.5. The Labute approximate surface area is 651 Å². The molecule has 6 heterocycles. The second-order valence-electron chi connectivity index (χ2n) is 27.1. The number of imidazole rings is 2. The standard InChI is InChI=1S/C64H96N22O21S4/c1-28(2)12-33-52(95)81-40(50(67)93)22-108-110-25-43-59(102)79-38(20-87)55(98)78-37(14-32-19-69-27-71-32)64(107)85-10-6-8-44(85)60(103)72-30(5)51(94)82-42(24-111-109-23-41(57(100)83-43)73-47(90)17-65)58(101)80-39(21-88)56(99)84-49(29(3)4)62(105)76-34(15-46(66)89)53(96)77-36(13-31-18-68-26-70-31)63(106)86-11-7-9-45(86)61(104)75-35(16-48(91)92)54(97)74-33/h18-19,26-30,33-45,49,87-88H,6-17,20-25,65H2,1-5H3,(H2,66,89)(H2,67,93)(H,68,70)(H,69,71)(H,72,103)(H,73,90)(H,74,97)(H,75,104)(H,76,105)(H,77,96)(H,78,98)(H,79,102)(H,80,101)(H,81,95)(H,82,94)(H,83,100)(H,84,99)(H,91,92)/t30-,33-,34-,35-,36-,37-,38-,39-,40-,41-,42-,43-,44-,45-,49-/m0/s1. The van der Waals surface area contributed by atoms with Crippen molar-refractivity contribution >= 4 is 150 Å². The monoisotopic (exact) mass is 1640 g/mol. The number of amides is 17. The molecule has 0 spiro atoms. The maximum Gasteiger partial charge on any atom is 0.305 e. The van der Waals surface area contributed by atoms with Crippen LogP contribution in [-0.4, -0.2) is 298 Å². The minimum Gasteiger partial charge on any atom is -0.481 e. The van der Waals surface area contributed by atoms with Crippen LogP contribution in [0.15, 0.2) is 25.0 Å². The molecule has 2 bridgehead atoms. The van der Waals surface area contributed by atoms with Crippen LogP contribution in [0.3, 0.4) is 0 Å². The Bertz CT molecular complexity index is 3700. The number of aliphatic hydroxyl groups is 2. The number of hydrogen-bond donors (Lipinski definition) is 21. The molecule has 0 aromatic carbocycles. The van der Waals surface area contributed by atoms with Crippen molar-refractivity contribution in [2.24, 2.45) is 29.0 Å². The van der Waals surface area contributed by atoms with Gasteiger partial charge in [-0.15, -0.1) is 0 Å². The molecule has 17 amide bonds. The summed E-state index contributed by atoms with van der Waals surface area (Å²) in [6.45, 7) is 4.24. The summed E-state index contributed by atoms with van der Waals surface area (Å²) in [6.07, 6.45) is 2.66. The van der Waals surface area contributed by atoms with Gasteiger partial charge in [0.2, 0.25) is 100 Å². The fraction of sp³-hybridized carbons (Fsp3) is 0.625. The first-order valence-electron chi connectivity index (χ1n) is 35.3. The van der Waals surface area contributed by atoms with Crippen LogP contribution < -0.4 is 86.3 Å². The number of H-pyrrole nitrogens is 2. The van der Waals surface area contributed by atoms with Gasteiger partial charge in [-0.1, -0.05) is 70.9 Å². The molecule has 4 aliphatic heterocycles. The third kappa shape index (κ3) is 27.3. The van der Waals surface area contributed by atoms with Crippen LogP contribution in [0.5, 0.6) is 0 Å². The van der Waals surface area contributed by atoms with Crippen molar-refractivity contribution < 1.29 is 102 Å². The third-order valence-corrected chi connectivity index (χ3v) is 22.6. The van der Waals surface area contributed by atoms with E-state index in [9.17, 15) is 102 Å². The average molecular weight is 1640 g/mol. The summed E-state index contributed by atoms with van der Waals surface area (Å²) >= 11 is 0. The molecule has 6 rings (SSSR count). The highest BCUT2D eigenvalue weighted by molar-refractivity contribution is 8.77. The van der Waals surface area contributed by atoms with Gasteiger partial charge in [0.15, 0.2) is 0 Å². The number of carboxylic acids is 1. The molecule has 111 heavy (non-hydrogen) atoms. The Balaban J connectivity index is 1.44. The second-order valence-corrected chi connectivity index (χ2v) is 32.2. The Kier molecular flexibility index (Phi) is 35.4. The molecule has 4 saturated heterocycles. The van der Waals surface area contributed by atoms with Crippen molar-refractivity contribution in [2.75, 3.05) is 55.9 Å². The minimum absolute atomic E-state index is 0.0421. The fourth-order valence-corrected chi connectivity index (χ4v) is 16.6. The van der Waals surface area contributed by atoms with Gasteiger partial charge >= 0.3 is 5.97 Å². The van der Waals surface area contributed by atoms with Gasteiger partial charge in [-0.3, -0.25) is 86.3 Å². The smallest absolute Gasteiger partial charge is 0.305 e. The van der Waals surface area contributed by atoms with E-state index in [1.54, 1.807) is 13.8 Å². The average Bonchev–Trinajstić information content (AvgIpc) is 1.73. The van der Waals surface area contributed by atoms with Crippen LogP contribution in [0.4, 0.5) is 0 Å². The van der Waals surface area contributed by atoms with Gasteiger partial charge in [0.1, 0.15) is 90.6 Å². The highest BCUT2D eigenvalue weighted by Gasteiger charge is 2.44. The van der Waals surface area contributed by atoms with Crippen molar-refractivity contribution in [3.8, 4) is 0 Å². The molecule has 43 nitrogen and oxygen atoms in total. The van der Waals surface area contributed by atoms with Gasteiger partial charge < -0.3 is 121 Å².